The predicted octanol–water partition coefficient (Wildman–Crippen LogP) is 3.44. The first-order valence-electron chi connectivity index (χ1n) is 9.84. The molecule has 0 radical (unpaired) electrons. The van der Waals surface area contributed by atoms with E-state index in [9.17, 15) is 14.4 Å². The third kappa shape index (κ3) is 4.89. The van der Waals surface area contributed by atoms with Crippen LogP contribution in [0.2, 0.25) is 0 Å². The maximum absolute atomic E-state index is 12.7. The number of anilines is 1. The van der Waals surface area contributed by atoms with E-state index in [0.717, 1.165) is 55.4 Å². The van der Waals surface area contributed by atoms with Gasteiger partial charge in [0.1, 0.15) is 5.00 Å². The number of fused-ring (bicyclic) bond motifs is 1. The molecule has 27 heavy (non-hydrogen) atoms. The maximum Gasteiger partial charge on any atom is 0.341 e. The first-order valence-corrected chi connectivity index (χ1v) is 10.7. The highest BCUT2D eigenvalue weighted by atomic mass is 32.1. The minimum absolute atomic E-state index is 0.161. The van der Waals surface area contributed by atoms with Crippen molar-refractivity contribution < 1.29 is 19.1 Å². The van der Waals surface area contributed by atoms with Crippen molar-refractivity contribution in [3.8, 4) is 0 Å². The van der Waals surface area contributed by atoms with Gasteiger partial charge in [-0.3, -0.25) is 9.59 Å². The quantitative estimate of drug-likeness (QED) is 0.752. The summed E-state index contributed by atoms with van der Waals surface area (Å²) in [6.45, 7) is 3.28. The number of thiophene rings is 1. The zero-order valence-electron chi connectivity index (χ0n) is 16.1. The zero-order valence-corrected chi connectivity index (χ0v) is 16.9. The van der Waals surface area contributed by atoms with Gasteiger partial charge in [-0.05, 0) is 50.0 Å². The van der Waals surface area contributed by atoms with Crippen LogP contribution >= 0.6 is 11.3 Å². The van der Waals surface area contributed by atoms with Gasteiger partial charge in [-0.1, -0.05) is 19.8 Å². The summed E-state index contributed by atoms with van der Waals surface area (Å²) in [5.41, 5.74) is 1.41. The molecule has 1 heterocycles. The van der Waals surface area contributed by atoms with Crippen molar-refractivity contribution in [2.24, 2.45) is 5.92 Å². The van der Waals surface area contributed by atoms with Crippen LogP contribution < -0.4 is 10.6 Å². The summed E-state index contributed by atoms with van der Waals surface area (Å²) in [6, 6.07) is 0.161. The Hall–Kier alpha value is -1.89. The van der Waals surface area contributed by atoms with Crippen LogP contribution in [0.25, 0.3) is 0 Å². The standard InChI is InChI=1S/C20H28N2O4S/c1-12-7-3-5-9-15(12)22-17(24)11-26-20(25)18-14-8-4-6-10-16(14)27-19(18)21-13(2)23/h12,15H,3-11H2,1-2H3,(H,21,23)(H,22,24)/t12-,15+/m0/s1. The van der Waals surface area contributed by atoms with E-state index >= 15 is 0 Å². The summed E-state index contributed by atoms with van der Waals surface area (Å²) in [5, 5.41) is 6.29. The van der Waals surface area contributed by atoms with Crippen molar-refractivity contribution in [2.45, 2.75) is 71.3 Å². The lowest BCUT2D eigenvalue weighted by Gasteiger charge is -2.29. The van der Waals surface area contributed by atoms with Crippen LogP contribution in [-0.4, -0.2) is 30.4 Å². The van der Waals surface area contributed by atoms with E-state index in [4.69, 9.17) is 4.74 Å². The molecule has 7 heteroatoms. The first kappa shape index (κ1) is 19.9. The van der Waals surface area contributed by atoms with E-state index in [2.05, 4.69) is 17.6 Å². The van der Waals surface area contributed by atoms with Crippen molar-refractivity contribution in [1.29, 1.82) is 0 Å². The van der Waals surface area contributed by atoms with Crippen LogP contribution in [0.15, 0.2) is 0 Å². The van der Waals surface area contributed by atoms with Crippen molar-refractivity contribution in [3.05, 3.63) is 16.0 Å². The Morgan fingerprint density at radius 3 is 2.59 bits per heavy atom. The number of ether oxygens (including phenoxy) is 1. The van der Waals surface area contributed by atoms with Crippen LogP contribution in [0.4, 0.5) is 5.00 Å². The molecule has 2 atom stereocenters. The minimum Gasteiger partial charge on any atom is -0.452 e. The molecule has 0 unspecified atom stereocenters. The number of esters is 1. The second kappa shape index (κ2) is 8.87. The molecule has 1 aromatic rings. The second-order valence-corrected chi connectivity index (χ2v) is 8.71. The third-order valence-corrected chi connectivity index (χ3v) is 6.66. The van der Waals surface area contributed by atoms with Gasteiger partial charge in [0.2, 0.25) is 5.91 Å². The highest BCUT2D eigenvalue weighted by Gasteiger charge is 2.28. The number of hydrogen-bond donors (Lipinski definition) is 2. The molecule has 0 spiro atoms. The molecule has 3 rings (SSSR count). The summed E-state index contributed by atoms with van der Waals surface area (Å²) in [4.78, 5) is 37.6. The first-order chi connectivity index (χ1) is 13.0. The fourth-order valence-electron chi connectivity index (χ4n) is 4.01. The molecule has 2 N–H and O–H groups in total. The van der Waals surface area contributed by atoms with Gasteiger partial charge in [-0.2, -0.15) is 0 Å². The Balaban J connectivity index is 1.64. The molecule has 2 aliphatic rings. The van der Waals surface area contributed by atoms with Crippen LogP contribution in [-0.2, 0) is 27.2 Å². The summed E-state index contributed by atoms with van der Waals surface area (Å²) >= 11 is 1.45. The summed E-state index contributed by atoms with van der Waals surface area (Å²) in [7, 11) is 0. The van der Waals surface area contributed by atoms with Crippen LogP contribution in [0.5, 0.6) is 0 Å². The van der Waals surface area contributed by atoms with Crippen LogP contribution in [0, 0.1) is 5.92 Å². The molecule has 148 valence electrons. The van der Waals surface area contributed by atoms with Gasteiger partial charge >= 0.3 is 5.97 Å². The van der Waals surface area contributed by atoms with Gasteiger partial charge < -0.3 is 15.4 Å². The van der Waals surface area contributed by atoms with E-state index in [-0.39, 0.29) is 24.5 Å². The highest BCUT2D eigenvalue weighted by molar-refractivity contribution is 7.17. The molecule has 1 saturated carbocycles. The Morgan fingerprint density at radius 2 is 1.85 bits per heavy atom. The topological polar surface area (TPSA) is 84.5 Å². The molecular weight excluding hydrogens is 364 g/mol. The van der Waals surface area contributed by atoms with Crippen molar-refractivity contribution in [3.63, 3.8) is 0 Å². The third-order valence-electron chi connectivity index (χ3n) is 5.46. The van der Waals surface area contributed by atoms with E-state index in [1.807, 2.05) is 0 Å². The SMILES string of the molecule is CC(=O)Nc1sc2c(c1C(=O)OCC(=O)N[C@@H]1CCCC[C@@H]1C)CCCC2. The molecule has 0 saturated heterocycles. The van der Waals surface area contributed by atoms with Crippen molar-refractivity contribution in [2.75, 3.05) is 11.9 Å². The lowest BCUT2D eigenvalue weighted by atomic mass is 9.86. The molecule has 2 amide bonds. The van der Waals surface area contributed by atoms with Gasteiger partial charge in [0.15, 0.2) is 6.61 Å². The smallest absolute Gasteiger partial charge is 0.341 e. The highest BCUT2D eigenvalue weighted by Crippen LogP contribution is 2.38. The van der Waals surface area contributed by atoms with Crippen molar-refractivity contribution in [1.82, 2.24) is 5.32 Å². The monoisotopic (exact) mass is 392 g/mol. The molecule has 2 aliphatic carbocycles. The summed E-state index contributed by atoms with van der Waals surface area (Å²) in [5.74, 6) is -0.544. The number of amides is 2. The van der Waals surface area contributed by atoms with Gasteiger partial charge in [0.25, 0.3) is 5.91 Å². The van der Waals surface area contributed by atoms with Gasteiger partial charge in [0.05, 0.1) is 5.56 Å². The maximum atomic E-state index is 12.7. The summed E-state index contributed by atoms with van der Waals surface area (Å²) in [6.07, 6.45) is 8.25. The largest absolute Gasteiger partial charge is 0.452 e. The van der Waals surface area contributed by atoms with Crippen LogP contribution in [0.3, 0.4) is 0 Å². The molecule has 1 fully saturated rings. The second-order valence-electron chi connectivity index (χ2n) is 7.61. The van der Waals surface area contributed by atoms with Gasteiger partial charge in [-0.25, -0.2) is 4.79 Å². The molecule has 0 aliphatic heterocycles. The fraction of sp³-hybridized carbons (Fsp3) is 0.650. The number of aryl methyl sites for hydroxylation is 1. The zero-order chi connectivity index (χ0) is 19.4. The molecule has 0 bridgehead atoms. The van der Waals surface area contributed by atoms with E-state index in [1.54, 1.807) is 0 Å². The number of carbonyl (C=O) groups excluding carboxylic acids is 3. The number of hydrogen-bond acceptors (Lipinski definition) is 5. The Morgan fingerprint density at radius 1 is 1.11 bits per heavy atom. The van der Waals surface area contributed by atoms with Crippen LogP contribution in [0.1, 0.15) is 73.2 Å². The van der Waals surface area contributed by atoms with Gasteiger partial charge in [0, 0.05) is 17.8 Å². The molecule has 6 nitrogen and oxygen atoms in total. The minimum atomic E-state index is -0.523. The lowest BCUT2D eigenvalue weighted by Crippen LogP contribution is -2.42. The predicted molar refractivity (Wildman–Crippen MR) is 105 cm³/mol. The van der Waals surface area contributed by atoms with Gasteiger partial charge in [-0.15, -0.1) is 11.3 Å². The summed E-state index contributed by atoms with van der Waals surface area (Å²) < 4.78 is 5.32. The molecule has 0 aromatic carbocycles. The Bertz CT molecular complexity index is 728. The van der Waals surface area contributed by atoms with Crippen molar-refractivity contribution >= 4 is 34.1 Å². The molecule has 1 aromatic heterocycles. The average molecular weight is 393 g/mol. The number of rotatable bonds is 5. The average Bonchev–Trinajstić information content (AvgIpc) is 2.98. The fourth-order valence-corrected chi connectivity index (χ4v) is 5.34. The Labute approximate surface area is 164 Å². The molecular formula is C20H28N2O4S. The van der Waals surface area contributed by atoms with E-state index < -0.39 is 5.97 Å². The normalized spacial score (nSPS) is 21.9. The number of carbonyl (C=O) groups is 3. The number of nitrogens with one attached hydrogen (secondary N) is 2. The van der Waals surface area contributed by atoms with E-state index in [1.165, 1.54) is 24.7 Å². The van der Waals surface area contributed by atoms with E-state index in [0.29, 0.717) is 16.5 Å². The lowest BCUT2D eigenvalue weighted by molar-refractivity contribution is -0.125. The Kier molecular flexibility index (Phi) is 6.52.